The molecule has 0 amide bonds. The van der Waals surface area contributed by atoms with Crippen LogP contribution in [0.25, 0.3) is 0 Å². The van der Waals surface area contributed by atoms with E-state index < -0.39 is 0 Å². The number of rotatable bonds is 2. The smallest absolute Gasteiger partial charge is 0.00331 e. The summed E-state index contributed by atoms with van der Waals surface area (Å²) in [4.78, 5) is 0. The van der Waals surface area contributed by atoms with Crippen LogP contribution >= 0.6 is 11.3 Å². The molecular weight excluding hydrogens is 178 g/mol. The first-order chi connectivity index (χ1) is 6.05. The molecule has 2 N–H and O–H groups in total. The minimum absolute atomic E-state index is 0.321. The van der Waals surface area contributed by atoms with Crippen molar-refractivity contribution < 1.29 is 0 Å². The van der Waals surface area contributed by atoms with Crippen molar-refractivity contribution in [2.75, 3.05) is 6.54 Å². The van der Waals surface area contributed by atoms with E-state index in [2.05, 4.69) is 37.6 Å². The zero-order chi connectivity index (χ0) is 9.69. The van der Waals surface area contributed by atoms with Crippen molar-refractivity contribution in [1.29, 1.82) is 0 Å². The van der Waals surface area contributed by atoms with Crippen molar-refractivity contribution in [3.8, 4) is 0 Å². The fourth-order valence-electron chi connectivity index (χ4n) is 2.77. The van der Waals surface area contributed by atoms with Crippen LogP contribution in [-0.4, -0.2) is 6.54 Å². The van der Waals surface area contributed by atoms with Gasteiger partial charge < -0.3 is 5.73 Å². The van der Waals surface area contributed by atoms with Crippen molar-refractivity contribution in [3.63, 3.8) is 0 Å². The summed E-state index contributed by atoms with van der Waals surface area (Å²) in [5.74, 6) is 0.648. The maximum Gasteiger partial charge on any atom is 0.00331 e. The van der Waals surface area contributed by atoms with E-state index in [1.54, 1.807) is 11.3 Å². The molecule has 0 aromatic carbocycles. The zero-order valence-electron chi connectivity index (χ0n) is 8.50. The highest BCUT2D eigenvalue weighted by molar-refractivity contribution is 7.08. The number of thiophene rings is 1. The van der Waals surface area contributed by atoms with Crippen LogP contribution in [0.2, 0.25) is 0 Å². The van der Waals surface area contributed by atoms with Gasteiger partial charge in [0.05, 0.1) is 0 Å². The Labute approximate surface area is 84.0 Å². The van der Waals surface area contributed by atoms with Crippen molar-refractivity contribution in [2.45, 2.75) is 26.2 Å². The standard InChI is InChI=1S/C11H17NS/c1-10(2)9(6-12)11(10,3)8-4-5-13-7-8/h4-5,7,9H,6,12H2,1-3H3. The molecule has 2 rings (SSSR count). The summed E-state index contributed by atoms with van der Waals surface area (Å²) in [6, 6.07) is 2.24. The Morgan fingerprint density at radius 2 is 2.15 bits per heavy atom. The first kappa shape index (κ1) is 9.22. The van der Waals surface area contributed by atoms with Gasteiger partial charge in [0, 0.05) is 5.41 Å². The van der Waals surface area contributed by atoms with E-state index in [1.807, 2.05) is 0 Å². The number of hydrogen-bond acceptors (Lipinski definition) is 2. The van der Waals surface area contributed by atoms with E-state index in [9.17, 15) is 0 Å². The topological polar surface area (TPSA) is 26.0 Å². The van der Waals surface area contributed by atoms with Gasteiger partial charge in [-0.25, -0.2) is 0 Å². The molecule has 2 atom stereocenters. The summed E-state index contributed by atoms with van der Waals surface area (Å²) in [5.41, 5.74) is 7.96. The molecular formula is C11H17NS. The largest absolute Gasteiger partial charge is 0.330 e. The normalized spacial score (nSPS) is 36.2. The average molecular weight is 195 g/mol. The molecule has 1 heterocycles. The van der Waals surface area contributed by atoms with Crippen LogP contribution < -0.4 is 5.73 Å². The van der Waals surface area contributed by atoms with Crippen LogP contribution in [-0.2, 0) is 5.41 Å². The Kier molecular flexibility index (Phi) is 1.83. The van der Waals surface area contributed by atoms with Crippen LogP contribution in [0.5, 0.6) is 0 Å². The van der Waals surface area contributed by atoms with E-state index in [0.29, 0.717) is 16.7 Å². The lowest BCUT2D eigenvalue weighted by Crippen LogP contribution is -2.11. The SMILES string of the molecule is CC1(C)C(CN)C1(C)c1ccsc1. The van der Waals surface area contributed by atoms with Gasteiger partial charge in [0.25, 0.3) is 0 Å². The van der Waals surface area contributed by atoms with Crippen molar-refractivity contribution in [3.05, 3.63) is 22.4 Å². The molecule has 1 aliphatic rings. The third kappa shape index (κ3) is 0.960. The van der Waals surface area contributed by atoms with Crippen LogP contribution in [0, 0.1) is 11.3 Å². The van der Waals surface area contributed by atoms with Crippen molar-refractivity contribution in [2.24, 2.45) is 17.1 Å². The molecule has 1 aromatic heterocycles. The van der Waals surface area contributed by atoms with Gasteiger partial charge in [-0.1, -0.05) is 20.8 Å². The quantitative estimate of drug-likeness (QED) is 0.771. The molecule has 13 heavy (non-hydrogen) atoms. The van der Waals surface area contributed by atoms with Gasteiger partial charge in [-0.05, 0) is 40.3 Å². The molecule has 72 valence electrons. The van der Waals surface area contributed by atoms with Gasteiger partial charge in [0.1, 0.15) is 0 Å². The second-order valence-corrected chi connectivity index (χ2v) is 5.50. The highest BCUT2D eigenvalue weighted by atomic mass is 32.1. The maximum atomic E-state index is 5.79. The predicted molar refractivity (Wildman–Crippen MR) is 58.0 cm³/mol. The third-order valence-corrected chi connectivity index (χ3v) is 4.86. The molecule has 2 unspecified atom stereocenters. The molecule has 1 aliphatic carbocycles. The second-order valence-electron chi connectivity index (χ2n) is 4.72. The molecule has 0 bridgehead atoms. The van der Waals surface area contributed by atoms with Gasteiger partial charge >= 0.3 is 0 Å². The summed E-state index contributed by atoms with van der Waals surface area (Å²) in [7, 11) is 0. The molecule has 0 radical (unpaired) electrons. The maximum absolute atomic E-state index is 5.79. The fraction of sp³-hybridized carbons (Fsp3) is 0.636. The van der Waals surface area contributed by atoms with Gasteiger partial charge in [-0.15, -0.1) is 0 Å². The van der Waals surface area contributed by atoms with Gasteiger partial charge in [0.2, 0.25) is 0 Å². The van der Waals surface area contributed by atoms with Gasteiger partial charge in [0.15, 0.2) is 0 Å². The highest BCUT2D eigenvalue weighted by Gasteiger charge is 2.67. The number of nitrogens with two attached hydrogens (primary N) is 1. The van der Waals surface area contributed by atoms with Crippen molar-refractivity contribution >= 4 is 11.3 Å². The first-order valence-electron chi connectivity index (χ1n) is 4.78. The molecule has 1 aromatic rings. The lowest BCUT2D eigenvalue weighted by Gasteiger charge is -2.12. The summed E-state index contributed by atoms with van der Waals surface area (Å²) in [6.45, 7) is 7.79. The van der Waals surface area contributed by atoms with Gasteiger partial charge in [-0.3, -0.25) is 0 Å². The molecule has 2 heteroatoms. The van der Waals surface area contributed by atoms with Crippen molar-refractivity contribution in [1.82, 2.24) is 0 Å². The Hall–Kier alpha value is -0.340. The van der Waals surface area contributed by atoms with Crippen LogP contribution in [0.4, 0.5) is 0 Å². The van der Waals surface area contributed by atoms with E-state index in [4.69, 9.17) is 5.73 Å². The lowest BCUT2D eigenvalue weighted by atomic mass is 9.92. The summed E-state index contributed by atoms with van der Waals surface area (Å²) in [6.07, 6.45) is 0. The Bertz CT molecular complexity index is 302. The highest BCUT2D eigenvalue weighted by Crippen LogP contribution is 2.68. The molecule has 1 fully saturated rings. The molecule has 0 spiro atoms. The Balaban J connectivity index is 2.35. The zero-order valence-corrected chi connectivity index (χ0v) is 9.32. The van der Waals surface area contributed by atoms with E-state index >= 15 is 0 Å². The minimum atomic E-state index is 0.321. The van der Waals surface area contributed by atoms with Crippen LogP contribution in [0.15, 0.2) is 16.8 Å². The predicted octanol–water partition coefficient (Wildman–Crippen LogP) is 2.62. The monoisotopic (exact) mass is 195 g/mol. The Morgan fingerprint density at radius 3 is 2.54 bits per heavy atom. The average Bonchev–Trinajstić information content (AvgIpc) is 2.52. The van der Waals surface area contributed by atoms with E-state index in [0.717, 1.165) is 6.54 Å². The van der Waals surface area contributed by atoms with Crippen LogP contribution in [0.3, 0.4) is 0 Å². The van der Waals surface area contributed by atoms with Crippen LogP contribution in [0.1, 0.15) is 26.3 Å². The molecule has 0 aliphatic heterocycles. The minimum Gasteiger partial charge on any atom is -0.330 e. The first-order valence-corrected chi connectivity index (χ1v) is 5.72. The second kappa shape index (κ2) is 2.58. The summed E-state index contributed by atoms with van der Waals surface area (Å²) >= 11 is 1.78. The fourth-order valence-corrected chi connectivity index (χ4v) is 3.54. The van der Waals surface area contributed by atoms with Gasteiger partial charge in [-0.2, -0.15) is 11.3 Å². The summed E-state index contributed by atoms with van der Waals surface area (Å²) in [5, 5.41) is 4.42. The van der Waals surface area contributed by atoms with E-state index in [-0.39, 0.29) is 0 Å². The Morgan fingerprint density at radius 1 is 1.46 bits per heavy atom. The molecule has 1 saturated carbocycles. The number of hydrogen-bond donors (Lipinski definition) is 1. The lowest BCUT2D eigenvalue weighted by molar-refractivity contribution is 0.519. The molecule has 1 nitrogen and oxygen atoms in total. The van der Waals surface area contributed by atoms with E-state index in [1.165, 1.54) is 5.56 Å². The molecule has 0 saturated heterocycles. The third-order valence-electron chi connectivity index (χ3n) is 4.18. The summed E-state index contributed by atoms with van der Waals surface area (Å²) < 4.78 is 0.